The Morgan fingerprint density at radius 3 is 2.54 bits per heavy atom. The summed E-state index contributed by atoms with van der Waals surface area (Å²) in [5.41, 5.74) is 6.02. The van der Waals surface area contributed by atoms with Gasteiger partial charge < -0.3 is 9.67 Å². The second-order valence-corrected chi connectivity index (χ2v) is 8.13. The predicted molar refractivity (Wildman–Crippen MR) is 106 cm³/mol. The minimum atomic E-state index is 0.325. The van der Waals surface area contributed by atoms with Crippen molar-refractivity contribution < 1.29 is 5.11 Å². The van der Waals surface area contributed by atoms with E-state index < -0.39 is 0 Å². The standard InChI is InChI=1S/C23H26N2O/c1-24-21-8-7-18(26)15-20(21)19-9-10-23(22(19)24)11-13-25(14-12-23)16-17-5-3-2-4-6-17/h2-8,15,26H,9-14,16H2,1H3. The lowest BCUT2D eigenvalue weighted by molar-refractivity contribution is 0.148. The van der Waals surface area contributed by atoms with Gasteiger partial charge in [-0.15, -0.1) is 0 Å². The van der Waals surface area contributed by atoms with Crippen molar-refractivity contribution in [1.82, 2.24) is 9.47 Å². The lowest BCUT2D eigenvalue weighted by Gasteiger charge is -2.40. The highest BCUT2D eigenvalue weighted by molar-refractivity contribution is 5.88. The summed E-state index contributed by atoms with van der Waals surface area (Å²) in [7, 11) is 2.21. The molecular formula is C23H26N2O. The SMILES string of the molecule is Cn1c2c(c3cc(O)ccc31)CCC21CCN(Cc2ccccc2)CC1. The smallest absolute Gasteiger partial charge is 0.116 e. The molecule has 0 bridgehead atoms. The van der Waals surface area contributed by atoms with Crippen LogP contribution in [0, 0.1) is 0 Å². The summed E-state index contributed by atoms with van der Waals surface area (Å²) in [6.07, 6.45) is 4.89. The van der Waals surface area contributed by atoms with Crippen LogP contribution in [-0.2, 0) is 25.4 Å². The number of aryl methyl sites for hydroxylation is 2. The number of likely N-dealkylation sites (tertiary alicyclic amines) is 1. The first kappa shape index (κ1) is 16.0. The molecule has 0 amide bonds. The molecule has 0 unspecified atom stereocenters. The van der Waals surface area contributed by atoms with Crippen LogP contribution in [-0.4, -0.2) is 27.7 Å². The Morgan fingerprint density at radius 1 is 1.00 bits per heavy atom. The Balaban J connectivity index is 1.42. The van der Waals surface area contributed by atoms with Gasteiger partial charge >= 0.3 is 0 Å². The first-order valence-corrected chi connectivity index (χ1v) is 9.73. The predicted octanol–water partition coefficient (Wildman–Crippen LogP) is 4.36. The highest BCUT2D eigenvalue weighted by atomic mass is 16.3. The summed E-state index contributed by atoms with van der Waals surface area (Å²) >= 11 is 0. The maximum atomic E-state index is 9.93. The number of fused-ring (bicyclic) bond motifs is 4. The molecule has 1 aliphatic heterocycles. The molecule has 1 spiro atoms. The van der Waals surface area contributed by atoms with Crippen LogP contribution in [0.2, 0.25) is 0 Å². The lowest BCUT2D eigenvalue weighted by Crippen LogP contribution is -2.42. The zero-order chi connectivity index (χ0) is 17.7. The molecule has 0 radical (unpaired) electrons. The number of rotatable bonds is 2. The van der Waals surface area contributed by atoms with Crippen molar-refractivity contribution in [1.29, 1.82) is 0 Å². The monoisotopic (exact) mass is 346 g/mol. The quantitative estimate of drug-likeness (QED) is 0.747. The van der Waals surface area contributed by atoms with E-state index in [0.29, 0.717) is 11.2 Å². The van der Waals surface area contributed by atoms with E-state index in [2.05, 4.69) is 52.9 Å². The third kappa shape index (κ3) is 2.38. The summed E-state index contributed by atoms with van der Waals surface area (Å²) in [4.78, 5) is 2.60. The second kappa shape index (κ2) is 5.88. The Bertz CT molecular complexity index is 949. The molecule has 1 aromatic heterocycles. The third-order valence-corrected chi connectivity index (χ3v) is 6.71. The topological polar surface area (TPSA) is 28.4 Å². The molecule has 0 saturated carbocycles. The van der Waals surface area contributed by atoms with E-state index in [0.717, 1.165) is 13.0 Å². The molecule has 1 N–H and O–H groups in total. The van der Waals surface area contributed by atoms with Gasteiger partial charge in [0.05, 0.1) is 0 Å². The van der Waals surface area contributed by atoms with Crippen LogP contribution in [0.1, 0.15) is 36.1 Å². The number of aromatic nitrogens is 1. The van der Waals surface area contributed by atoms with Gasteiger partial charge in [-0.2, -0.15) is 0 Å². The molecule has 1 aliphatic carbocycles. The van der Waals surface area contributed by atoms with E-state index in [1.807, 2.05) is 12.1 Å². The van der Waals surface area contributed by atoms with Gasteiger partial charge in [0.1, 0.15) is 5.75 Å². The van der Waals surface area contributed by atoms with Crippen LogP contribution in [0.15, 0.2) is 48.5 Å². The summed E-state index contributed by atoms with van der Waals surface area (Å²) in [5, 5.41) is 11.2. The van der Waals surface area contributed by atoms with Gasteiger partial charge in [-0.05, 0) is 68.1 Å². The summed E-state index contributed by atoms with van der Waals surface area (Å²) < 4.78 is 2.41. The first-order valence-electron chi connectivity index (χ1n) is 9.73. The molecular weight excluding hydrogens is 320 g/mol. The minimum absolute atomic E-state index is 0.325. The Morgan fingerprint density at radius 2 is 1.77 bits per heavy atom. The number of phenolic OH excluding ortho intramolecular Hbond substituents is 1. The van der Waals surface area contributed by atoms with Gasteiger partial charge in [-0.25, -0.2) is 0 Å². The van der Waals surface area contributed by atoms with Gasteiger partial charge in [0, 0.05) is 35.6 Å². The van der Waals surface area contributed by atoms with Crippen molar-refractivity contribution in [2.45, 2.75) is 37.6 Å². The average molecular weight is 346 g/mol. The fourth-order valence-electron chi connectivity index (χ4n) is 5.39. The van der Waals surface area contributed by atoms with Gasteiger partial charge in [-0.1, -0.05) is 30.3 Å². The molecule has 0 atom stereocenters. The number of benzene rings is 2. The van der Waals surface area contributed by atoms with E-state index in [-0.39, 0.29) is 0 Å². The number of hydrogen-bond acceptors (Lipinski definition) is 2. The van der Waals surface area contributed by atoms with Gasteiger partial charge in [-0.3, -0.25) is 4.90 Å². The van der Waals surface area contributed by atoms with Crippen LogP contribution in [0.3, 0.4) is 0 Å². The van der Waals surface area contributed by atoms with Crippen molar-refractivity contribution in [2.75, 3.05) is 13.1 Å². The summed E-state index contributed by atoms with van der Waals surface area (Å²) in [6, 6.07) is 16.7. The fourth-order valence-corrected chi connectivity index (χ4v) is 5.39. The zero-order valence-electron chi connectivity index (χ0n) is 15.4. The first-order chi connectivity index (χ1) is 12.7. The van der Waals surface area contributed by atoms with Crippen LogP contribution in [0.4, 0.5) is 0 Å². The summed E-state index contributed by atoms with van der Waals surface area (Å²) in [5.74, 6) is 0.379. The van der Waals surface area contributed by atoms with Gasteiger partial charge in [0.25, 0.3) is 0 Å². The zero-order valence-corrected chi connectivity index (χ0v) is 15.4. The molecule has 3 aromatic rings. The normalized spacial score (nSPS) is 19.3. The van der Waals surface area contributed by atoms with Crippen LogP contribution < -0.4 is 0 Å². The molecule has 2 aromatic carbocycles. The van der Waals surface area contributed by atoms with Crippen LogP contribution in [0.25, 0.3) is 10.9 Å². The van der Waals surface area contributed by atoms with Crippen molar-refractivity contribution in [3.63, 3.8) is 0 Å². The van der Waals surface area contributed by atoms with Crippen LogP contribution >= 0.6 is 0 Å². The molecule has 1 saturated heterocycles. The van der Waals surface area contributed by atoms with E-state index in [4.69, 9.17) is 0 Å². The number of hydrogen-bond donors (Lipinski definition) is 1. The van der Waals surface area contributed by atoms with Crippen molar-refractivity contribution in [3.8, 4) is 5.75 Å². The van der Waals surface area contributed by atoms with Gasteiger partial charge in [0.2, 0.25) is 0 Å². The van der Waals surface area contributed by atoms with Crippen molar-refractivity contribution >= 4 is 10.9 Å². The van der Waals surface area contributed by atoms with Crippen molar-refractivity contribution in [3.05, 3.63) is 65.4 Å². The Labute approximate surface area is 154 Å². The second-order valence-electron chi connectivity index (χ2n) is 8.13. The Hall–Kier alpha value is -2.26. The van der Waals surface area contributed by atoms with Crippen molar-refractivity contribution in [2.24, 2.45) is 7.05 Å². The molecule has 134 valence electrons. The molecule has 26 heavy (non-hydrogen) atoms. The highest BCUT2D eigenvalue weighted by Gasteiger charge is 2.44. The van der Waals surface area contributed by atoms with Crippen LogP contribution in [0.5, 0.6) is 5.75 Å². The van der Waals surface area contributed by atoms with E-state index in [9.17, 15) is 5.11 Å². The van der Waals surface area contributed by atoms with Gasteiger partial charge in [0.15, 0.2) is 0 Å². The molecule has 1 fully saturated rings. The number of nitrogens with zero attached hydrogens (tertiary/aromatic N) is 2. The molecule has 5 rings (SSSR count). The molecule has 2 heterocycles. The fraction of sp³-hybridized carbons (Fsp3) is 0.391. The number of piperidine rings is 1. The highest BCUT2D eigenvalue weighted by Crippen LogP contribution is 2.49. The third-order valence-electron chi connectivity index (χ3n) is 6.71. The average Bonchev–Trinajstić information content (AvgIpc) is 3.16. The number of aromatic hydroxyl groups is 1. The van der Waals surface area contributed by atoms with E-state index in [1.165, 1.54) is 60.1 Å². The maximum Gasteiger partial charge on any atom is 0.116 e. The number of phenols is 1. The maximum absolute atomic E-state index is 9.93. The molecule has 3 heteroatoms. The largest absolute Gasteiger partial charge is 0.508 e. The molecule has 2 aliphatic rings. The summed E-state index contributed by atoms with van der Waals surface area (Å²) in [6.45, 7) is 3.40. The van der Waals surface area contributed by atoms with E-state index >= 15 is 0 Å². The minimum Gasteiger partial charge on any atom is -0.508 e. The molecule has 3 nitrogen and oxygen atoms in total. The lowest BCUT2D eigenvalue weighted by atomic mass is 9.76. The Kier molecular flexibility index (Phi) is 3.61. The van der Waals surface area contributed by atoms with E-state index in [1.54, 1.807) is 0 Å².